The number of hydrogen-bond donors (Lipinski definition) is 2. The van der Waals surface area contributed by atoms with Crippen LogP contribution in [0.1, 0.15) is 48.6 Å². The van der Waals surface area contributed by atoms with E-state index in [2.05, 4.69) is 16.2 Å². The summed E-state index contributed by atoms with van der Waals surface area (Å²) in [6.45, 7) is 5.41. The van der Waals surface area contributed by atoms with Crippen LogP contribution in [0.2, 0.25) is 0 Å². The molecule has 0 amide bonds. The number of rotatable bonds is 8. The van der Waals surface area contributed by atoms with Crippen molar-refractivity contribution in [2.45, 2.75) is 51.7 Å². The van der Waals surface area contributed by atoms with Gasteiger partial charge in [0.15, 0.2) is 0 Å². The van der Waals surface area contributed by atoms with E-state index >= 15 is 0 Å². The van der Waals surface area contributed by atoms with Crippen LogP contribution < -0.4 is 4.74 Å². The Morgan fingerprint density at radius 2 is 2.35 bits per heavy atom. The van der Waals surface area contributed by atoms with Crippen molar-refractivity contribution in [3.8, 4) is 11.8 Å². The Bertz CT molecular complexity index is 1140. The standard InChI is InChI=1S/C23H26N4O4/c1-3-6-23(13-19(28)29)22-17(5-10-31-23)20-16(14-24)12-18(15(2)21(20)26-22)30-11-9-27-8-4-7-25-27/h4,7-8,12,26H,3,5-6,9-11,13H2,1-2H3,(H,28,29)/t23-/m1/s1. The van der Waals surface area contributed by atoms with Crippen LogP contribution in [0.4, 0.5) is 0 Å². The lowest BCUT2D eigenvalue weighted by molar-refractivity contribution is -0.149. The van der Waals surface area contributed by atoms with Crippen molar-refractivity contribution in [3.05, 3.63) is 46.9 Å². The fourth-order valence-electron chi connectivity index (χ4n) is 4.60. The number of aryl methyl sites for hydroxylation is 1. The summed E-state index contributed by atoms with van der Waals surface area (Å²) in [7, 11) is 0. The van der Waals surface area contributed by atoms with E-state index < -0.39 is 11.6 Å². The van der Waals surface area contributed by atoms with Gasteiger partial charge in [-0.25, -0.2) is 0 Å². The number of carboxylic acid groups (broad SMARTS) is 1. The summed E-state index contributed by atoms with van der Waals surface area (Å²) in [6, 6.07) is 5.94. The molecule has 162 valence electrons. The number of ether oxygens (including phenoxy) is 2. The summed E-state index contributed by atoms with van der Waals surface area (Å²) < 4.78 is 13.9. The summed E-state index contributed by atoms with van der Waals surface area (Å²) in [5.74, 6) is -0.269. The number of fused-ring (bicyclic) bond motifs is 3. The van der Waals surface area contributed by atoms with Crippen LogP contribution in [0.15, 0.2) is 24.5 Å². The van der Waals surface area contributed by atoms with Crippen LogP contribution in [0.25, 0.3) is 10.9 Å². The largest absolute Gasteiger partial charge is 0.491 e. The van der Waals surface area contributed by atoms with Crippen molar-refractivity contribution >= 4 is 16.9 Å². The smallest absolute Gasteiger partial charge is 0.306 e. The summed E-state index contributed by atoms with van der Waals surface area (Å²) >= 11 is 0. The van der Waals surface area contributed by atoms with Gasteiger partial charge in [0.05, 0.1) is 42.4 Å². The van der Waals surface area contributed by atoms with Gasteiger partial charge >= 0.3 is 5.97 Å². The Labute approximate surface area is 180 Å². The van der Waals surface area contributed by atoms with Crippen molar-refractivity contribution in [2.24, 2.45) is 0 Å². The molecule has 1 aliphatic rings. The maximum Gasteiger partial charge on any atom is 0.306 e. The Morgan fingerprint density at radius 3 is 3.03 bits per heavy atom. The van der Waals surface area contributed by atoms with E-state index in [1.165, 1.54) is 0 Å². The molecule has 0 saturated heterocycles. The van der Waals surface area contributed by atoms with Gasteiger partial charge in [0.25, 0.3) is 0 Å². The van der Waals surface area contributed by atoms with E-state index in [0.29, 0.717) is 43.9 Å². The fraction of sp³-hybridized carbons (Fsp3) is 0.435. The Hall–Kier alpha value is -3.31. The quantitative estimate of drug-likeness (QED) is 0.573. The molecule has 0 radical (unpaired) electrons. The number of nitrogens with one attached hydrogen (secondary N) is 1. The van der Waals surface area contributed by atoms with E-state index in [1.54, 1.807) is 16.9 Å². The number of carboxylic acids is 1. The molecular formula is C23H26N4O4. The lowest BCUT2D eigenvalue weighted by atomic mass is 9.84. The summed E-state index contributed by atoms with van der Waals surface area (Å²) in [5.41, 5.74) is 3.09. The molecule has 0 fully saturated rings. The number of aliphatic carboxylic acids is 1. The molecule has 3 heterocycles. The zero-order valence-corrected chi connectivity index (χ0v) is 17.8. The van der Waals surface area contributed by atoms with Gasteiger partial charge in [0, 0.05) is 23.3 Å². The van der Waals surface area contributed by atoms with Crippen molar-refractivity contribution in [3.63, 3.8) is 0 Å². The zero-order chi connectivity index (χ0) is 22.0. The molecule has 8 heteroatoms. The molecule has 1 aromatic carbocycles. The summed E-state index contributed by atoms with van der Waals surface area (Å²) in [4.78, 5) is 15.1. The molecule has 0 spiro atoms. The molecule has 0 unspecified atom stereocenters. The van der Waals surface area contributed by atoms with Crippen LogP contribution in [-0.2, 0) is 28.1 Å². The average molecular weight is 422 g/mol. The minimum atomic E-state index is -0.909. The second-order valence-electron chi connectivity index (χ2n) is 7.92. The van der Waals surface area contributed by atoms with E-state index in [-0.39, 0.29) is 6.42 Å². The first-order valence-corrected chi connectivity index (χ1v) is 10.5. The molecule has 2 N–H and O–H groups in total. The van der Waals surface area contributed by atoms with Gasteiger partial charge in [-0.1, -0.05) is 13.3 Å². The topological polar surface area (TPSA) is 113 Å². The molecule has 0 aliphatic carbocycles. The predicted octanol–water partition coefficient (Wildman–Crippen LogP) is 3.67. The van der Waals surface area contributed by atoms with E-state index in [0.717, 1.165) is 34.1 Å². The number of benzene rings is 1. The van der Waals surface area contributed by atoms with E-state index in [9.17, 15) is 15.2 Å². The molecular weight excluding hydrogens is 396 g/mol. The zero-order valence-electron chi connectivity index (χ0n) is 17.8. The minimum Gasteiger partial charge on any atom is -0.491 e. The average Bonchev–Trinajstić information content (AvgIpc) is 3.38. The van der Waals surface area contributed by atoms with Crippen LogP contribution in [0.3, 0.4) is 0 Å². The highest BCUT2D eigenvalue weighted by molar-refractivity contribution is 5.94. The highest BCUT2D eigenvalue weighted by atomic mass is 16.5. The lowest BCUT2D eigenvalue weighted by Gasteiger charge is -2.36. The van der Waals surface area contributed by atoms with Gasteiger partial charge < -0.3 is 19.6 Å². The number of nitriles is 1. The maximum atomic E-state index is 11.7. The SMILES string of the molecule is CCC[C@]1(CC(=O)O)OCCc2c1[nH]c1c(C)c(OCCn3cccn3)cc(C#N)c21. The van der Waals surface area contributed by atoms with Gasteiger partial charge in [-0.05, 0) is 37.5 Å². The molecule has 1 aliphatic heterocycles. The third kappa shape index (κ3) is 3.77. The monoisotopic (exact) mass is 422 g/mol. The number of hydrogen-bond acceptors (Lipinski definition) is 5. The van der Waals surface area contributed by atoms with Gasteiger partial charge in [0.1, 0.15) is 18.0 Å². The number of aromatic amines is 1. The third-order valence-corrected chi connectivity index (χ3v) is 5.93. The van der Waals surface area contributed by atoms with Crippen molar-refractivity contribution in [1.82, 2.24) is 14.8 Å². The lowest BCUT2D eigenvalue weighted by Crippen LogP contribution is -2.37. The molecule has 8 nitrogen and oxygen atoms in total. The van der Waals surface area contributed by atoms with Crippen LogP contribution >= 0.6 is 0 Å². The molecule has 0 saturated carbocycles. The van der Waals surface area contributed by atoms with Gasteiger partial charge in [-0.3, -0.25) is 9.48 Å². The highest BCUT2D eigenvalue weighted by Gasteiger charge is 2.42. The molecule has 3 aromatic rings. The van der Waals surface area contributed by atoms with Crippen molar-refractivity contribution < 1.29 is 19.4 Å². The van der Waals surface area contributed by atoms with E-state index in [4.69, 9.17) is 9.47 Å². The molecule has 0 bridgehead atoms. The van der Waals surface area contributed by atoms with Crippen molar-refractivity contribution in [2.75, 3.05) is 13.2 Å². The van der Waals surface area contributed by atoms with Crippen LogP contribution in [0, 0.1) is 18.3 Å². The predicted molar refractivity (Wildman–Crippen MR) is 114 cm³/mol. The molecule has 31 heavy (non-hydrogen) atoms. The first-order valence-electron chi connectivity index (χ1n) is 10.5. The highest BCUT2D eigenvalue weighted by Crippen LogP contribution is 2.44. The normalized spacial score (nSPS) is 18.0. The number of H-pyrrole nitrogens is 1. The molecule has 1 atom stereocenters. The minimum absolute atomic E-state index is 0.116. The second-order valence-corrected chi connectivity index (χ2v) is 7.92. The number of carbonyl (C=O) groups is 1. The van der Waals surface area contributed by atoms with Crippen LogP contribution in [-0.4, -0.2) is 39.1 Å². The molecule has 4 rings (SSSR count). The van der Waals surface area contributed by atoms with Gasteiger partial charge in [-0.15, -0.1) is 0 Å². The summed E-state index contributed by atoms with van der Waals surface area (Å²) in [6.07, 6.45) is 5.48. The molecule has 2 aromatic heterocycles. The van der Waals surface area contributed by atoms with Gasteiger partial charge in [0.2, 0.25) is 0 Å². The number of nitrogens with zero attached hydrogens (tertiary/aromatic N) is 3. The fourth-order valence-corrected chi connectivity index (χ4v) is 4.60. The summed E-state index contributed by atoms with van der Waals surface area (Å²) in [5, 5.41) is 24.4. The maximum absolute atomic E-state index is 11.7. The first kappa shape index (κ1) is 20.9. The first-order chi connectivity index (χ1) is 15.0. The van der Waals surface area contributed by atoms with Crippen LogP contribution in [0.5, 0.6) is 5.75 Å². The van der Waals surface area contributed by atoms with Gasteiger partial charge in [-0.2, -0.15) is 10.4 Å². The Morgan fingerprint density at radius 1 is 1.52 bits per heavy atom. The second kappa shape index (κ2) is 8.44. The Balaban J connectivity index is 1.78. The van der Waals surface area contributed by atoms with Crippen molar-refractivity contribution in [1.29, 1.82) is 5.26 Å². The number of aromatic nitrogens is 3. The van der Waals surface area contributed by atoms with E-state index in [1.807, 2.05) is 26.1 Å². The Kier molecular flexibility index (Phi) is 5.70. The third-order valence-electron chi connectivity index (χ3n) is 5.93.